The van der Waals surface area contributed by atoms with Gasteiger partial charge in [0.1, 0.15) is 0 Å². The maximum atomic E-state index is 6.17. The minimum Gasteiger partial charge on any atom is -0.326 e. The molecule has 2 N–H and O–H groups in total. The minimum absolute atomic E-state index is 0.0961. The monoisotopic (exact) mass is 243 g/mol. The van der Waals surface area contributed by atoms with Crippen molar-refractivity contribution in [3.63, 3.8) is 0 Å². The Morgan fingerprint density at radius 3 is 2.44 bits per heavy atom. The van der Waals surface area contributed by atoms with Gasteiger partial charge in [-0.15, -0.1) is 0 Å². The molecule has 0 fully saturated rings. The van der Waals surface area contributed by atoms with Crippen LogP contribution >= 0.6 is 0 Å². The van der Waals surface area contributed by atoms with E-state index >= 15 is 0 Å². The SMILES string of the molecule is CC(C)(C)C(N)Cn1cc(-c2ccccc2)cn1. The molecule has 0 amide bonds. The van der Waals surface area contributed by atoms with Gasteiger partial charge in [-0.1, -0.05) is 51.1 Å². The lowest BCUT2D eigenvalue weighted by Crippen LogP contribution is -2.38. The highest BCUT2D eigenvalue weighted by molar-refractivity contribution is 5.61. The Kier molecular flexibility index (Phi) is 3.53. The van der Waals surface area contributed by atoms with Crippen molar-refractivity contribution in [2.45, 2.75) is 33.4 Å². The van der Waals surface area contributed by atoms with Crippen molar-refractivity contribution in [2.75, 3.05) is 0 Å². The summed E-state index contributed by atoms with van der Waals surface area (Å²) in [5.41, 5.74) is 8.59. The van der Waals surface area contributed by atoms with Crippen LogP contribution in [0.3, 0.4) is 0 Å². The summed E-state index contributed by atoms with van der Waals surface area (Å²) in [4.78, 5) is 0. The summed E-state index contributed by atoms with van der Waals surface area (Å²) in [5.74, 6) is 0. The molecular weight excluding hydrogens is 222 g/mol. The number of hydrogen-bond acceptors (Lipinski definition) is 2. The lowest BCUT2D eigenvalue weighted by Gasteiger charge is -2.26. The predicted molar refractivity (Wildman–Crippen MR) is 75.1 cm³/mol. The quantitative estimate of drug-likeness (QED) is 0.900. The lowest BCUT2D eigenvalue weighted by atomic mass is 9.87. The number of aromatic nitrogens is 2. The number of benzene rings is 1. The maximum absolute atomic E-state index is 6.17. The van der Waals surface area contributed by atoms with Gasteiger partial charge in [0.25, 0.3) is 0 Å². The van der Waals surface area contributed by atoms with Crippen LogP contribution in [0.2, 0.25) is 0 Å². The molecule has 1 aromatic heterocycles. The van der Waals surface area contributed by atoms with Gasteiger partial charge in [0.05, 0.1) is 12.7 Å². The standard InChI is InChI=1S/C15H21N3/c1-15(2,3)14(16)11-18-10-13(9-17-18)12-7-5-4-6-8-12/h4-10,14H,11,16H2,1-3H3. The molecule has 2 rings (SSSR count). The molecule has 3 heteroatoms. The fourth-order valence-electron chi connectivity index (χ4n) is 1.72. The van der Waals surface area contributed by atoms with Gasteiger partial charge in [-0.2, -0.15) is 5.10 Å². The Morgan fingerprint density at radius 2 is 1.83 bits per heavy atom. The summed E-state index contributed by atoms with van der Waals surface area (Å²) in [6.45, 7) is 7.20. The van der Waals surface area contributed by atoms with Crippen molar-refractivity contribution >= 4 is 0 Å². The van der Waals surface area contributed by atoms with Crippen molar-refractivity contribution in [1.82, 2.24) is 9.78 Å². The van der Waals surface area contributed by atoms with Gasteiger partial charge in [-0.3, -0.25) is 4.68 Å². The number of hydrogen-bond donors (Lipinski definition) is 1. The molecule has 18 heavy (non-hydrogen) atoms. The van der Waals surface area contributed by atoms with E-state index in [1.165, 1.54) is 5.56 Å². The lowest BCUT2D eigenvalue weighted by molar-refractivity contribution is 0.283. The average molecular weight is 243 g/mol. The second kappa shape index (κ2) is 4.94. The van der Waals surface area contributed by atoms with E-state index in [9.17, 15) is 0 Å². The van der Waals surface area contributed by atoms with Crippen LogP contribution in [0.5, 0.6) is 0 Å². The van der Waals surface area contributed by atoms with Gasteiger partial charge < -0.3 is 5.73 Å². The fraction of sp³-hybridized carbons (Fsp3) is 0.400. The molecule has 0 saturated heterocycles. The molecule has 0 saturated carbocycles. The summed E-state index contributed by atoms with van der Waals surface area (Å²) in [7, 11) is 0. The van der Waals surface area contributed by atoms with E-state index in [0.717, 1.165) is 12.1 Å². The molecule has 3 nitrogen and oxygen atoms in total. The molecule has 0 radical (unpaired) electrons. The number of rotatable bonds is 3. The molecule has 1 atom stereocenters. The molecule has 0 spiro atoms. The first-order valence-electron chi connectivity index (χ1n) is 6.30. The topological polar surface area (TPSA) is 43.8 Å². The van der Waals surface area contributed by atoms with Crippen LogP contribution in [0.4, 0.5) is 0 Å². The van der Waals surface area contributed by atoms with E-state index < -0.39 is 0 Å². The van der Waals surface area contributed by atoms with E-state index in [1.54, 1.807) is 0 Å². The average Bonchev–Trinajstić information content (AvgIpc) is 2.77. The normalized spacial score (nSPS) is 13.6. The Balaban J connectivity index is 2.12. The van der Waals surface area contributed by atoms with Crippen LogP contribution in [0.15, 0.2) is 42.7 Å². The van der Waals surface area contributed by atoms with Gasteiger partial charge in [0.2, 0.25) is 0 Å². The van der Waals surface area contributed by atoms with E-state index in [0.29, 0.717) is 0 Å². The first kappa shape index (κ1) is 12.8. The largest absolute Gasteiger partial charge is 0.326 e. The van der Waals surface area contributed by atoms with Gasteiger partial charge in [-0.25, -0.2) is 0 Å². The first-order valence-corrected chi connectivity index (χ1v) is 6.30. The van der Waals surface area contributed by atoms with Gasteiger partial charge in [-0.05, 0) is 11.0 Å². The van der Waals surface area contributed by atoms with Gasteiger partial charge >= 0.3 is 0 Å². The molecule has 0 bridgehead atoms. The molecule has 0 aliphatic carbocycles. The maximum Gasteiger partial charge on any atom is 0.0568 e. The second-order valence-electron chi connectivity index (χ2n) is 5.79. The molecule has 2 aromatic rings. The van der Waals surface area contributed by atoms with E-state index in [2.05, 4.69) is 44.2 Å². The predicted octanol–water partition coefficient (Wildman–Crippen LogP) is 2.92. The highest BCUT2D eigenvalue weighted by atomic mass is 15.3. The Bertz CT molecular complexity index is 494. The van der Waals surface area contributed by atoms with Crippen LogP contribution < -0.4 is 5.73 Å². The smallest absolute Gasteiger partial charge is 0.0568 e. The summed E-state index contributed by atoms with van der Waals surface area (Å²) in [5, 5.41) is 4.38. The second-order valence-corrected chi connectivity index (χ2v) is 5.79. The summed E-state index contributed by atoms with van der Waals surface area (Å²) in [6, 6.07) is 10.4. The molecule has 96 valence electrons. The molecule has 1 heterocycles. The Labute approximate surface area is 109 Å². The van der Waals surface area contributed by atoms with Crippen molar-refractivity contribution in [2.24, 2.45) is 11.1 Å². The van der Waals surface area contributed by atoms with Crippen molar-refractivity contribution < 1.29 is 0 Å². The van der Waals surface area contributed by atoms with Crippen molar-refractivity contribution in [3.05, 3.63) is 42.7 Å². The van der Waals surface area contributed by atoms with Crippen LogP contribution in [-0.2, 0) is 6.54 Å². The highest BCUT2D eigenvalue weighted by Crippen LogP contribution is 2.21. The zero-order valence-corrected chi connectivity index (χ0v) is 11.3. The summed E-state index contributed by atoms with van der Waals surface area (Å²) >= 11 is 0. The van der Waals surface area contributed by atoms with Crippen LogP contribution in [0, 0.1) is 5.41 Å². The minimum atomic E-state index is 0.0961. The zero-order chi connectivity index (χ0) is 13.2. The third kappa shape index (κ3) is 2.99. The first-order chi connectivity index (χ1) is 8.47. The van der Waals surface area contributed by atoms with E-state index in [-0.39, 0.29) is 11.5 Å². The number of nitrogens with zero attached hydrogens (tertiary/aromatic N) is 2. The van der Waals surface area contributed by atoms with Crippen LogP contribution in [0.25, 0.3) is 11.1 Å². The fourth-order valence-corrected chi connectivity index (χ4v) is 1.72. The molecular formula is C15H21N3. The van der Waals surface area contributed by atoms with E-state index in [1.807, 2.05) is 29.1 Å². The third-order valence-corrected chi connectivity index (χ3v) is 3.24. The summed E-state index contributed by atoms with van der Waals surface area (Å²) < 4.78 is 1.93. The van der Waals surface area contributed by atoms with Crippen LogP contribution in [0.1, 0.15) is 20.8 Å². The highest BCUT2D eigenvalue weighted by Gasteiger charge is 2.21. The Morgan fingerprint density at radius 1 is 1.17 bits per heavy atom. The third-order valence-electron chi connectivity index (χ3n) is 3.24. The molecule has 0 aliphatic rings. The molecule has 0 aliphatic heterocycles. The zero-order valence-electron chi connectivity index (χ0n) is 11.3. The van der Waals surface area contributed by atoms with Gasteiger partial charge in [0, 0.05) is 17.8 Å². The van der Waals surface area contributed by atoms with Gasteiger partial charge in [0.15, 0.2) is 0 Å². The van der Waals surface area contributed by atoms with Crippen molar-refractivity contribution in [1.29, 1.82) is 0 Å². The van der Waals surface area contributed by atoms with Crippen LogP contribution in [-0.4, -0.2) is 15.8 Å². The van der Waals surface area contributed by atoms with E-state index in [4.69, 9.17) is 5.73 Å². The molecule has 1 aromatic carbocycles. The number of nitrogens with two attached hydrogens (primary N) is 1. The van der Waals surface area contributed by atoms with Crippen molar-refractivity contribution in [3.8, 4) is 11.1 Å². The Hall–Kier alpha value is -1.61. The molecule has 1 unspecified atom stereocenters. The summed E-state index contributed by atoms with van der Waals surface area (Å²) in [6.07, 6.45) is 3.95.